The molecule has 0 fully saturated rings. The molecule has 2 nitrogen and oxygen atoms in total. The maximum atomic E-state index is 2.50. The van der Waals surface area contributed by atoms with Crippen molar-refractivity contribution in [3.63, 3.8) is 0 Å². The van der Waals surface area contributed by atoms with E-state index in [1.807, 2.05) is 0 Å². The van der Waals surface area contributed by atoms with Crippen LogP contribution in [0.5, 0.6) is 0 Å². The molecule has 266 valence electrons. The van der Waals surface area contributed by atoms with E-state index in [0.717, 1.165) is 0 Å². The molecule has 0 saturated heterocycles. The minimum atomic E-state index is 1.23. The predicted octanol–water partition coefficient (Wildman–Crippen LogP) is 15.3. The Hall–Kier alpha value is -7.68. The highest BCUT2D eigenvalue weighted by atomic mass is 14.9. The van der Waals surface area contributed by atoms with Crippen LogP contribution >= 0.6 is 0 Å². The van der Waals surface area contributed by atoms with Crippen molar-refractivity contribution in [1.82, 2.24) is 8.80 Å². The Morgan fingerprint density at radius 2 is 0.638 bits per heavy atom. The van der Waals surface area contributed by atoms with Gasteiger partial charge in [0.2, 0.25) is 0 Å². The fourth-order valence-corrected chi connectivity index (χ4v) is 10.9. The second-order valence-electron chi connectivity index (χ2n) is 15.9. The molecule has 0 saturated carbocycles. The summed E-state index contributed by atoms with van der Waals surface area (Å²) in [6.07, 6.45) is 0. The zero-order valence-electron chi connectivity index (χ0n) is 31.4. The Labute approximate surface area is 332 Å². The lowest BCUT2D eigenvalue weighted by Gasteiger charge is -2.18. The quantitative estimate of drug-likeness (QED) is 0.160. The largest absolute Gasteiger partial charge is 0.308 e. The average Bonchev–Trinajstić information content (AvgIpc) is 4.02. The monoisotopic (exact) mass is 732 g/mol. The van der Waals surface area contributed by atoms with Crippen LogP contribution in [0.2, 0.25) is 0 Å². The molecule has 4 heterocycles. The molecular weight excluding hydrogens is 701 g/mol. The molecule has 0 spiro atoms. The highest BCUT2D eigenvalue weighted by molar-refractivity contribution is 6.31. The molecule has 0 unspecified atom stereocenters. The van der Waals surface area contributed by atoms with Crippen LogP contribution in [0.4, 0.5) is 0 Å². The molecule has 0 N–H and O–H groups in total. The van der Waals surface area contributed by atoms with Gasteiger partial charge in [0.1, 0.15) is 0 Å². The average molecular weight is 733 g/mol. The molecule has 0 aliphatic rings. The van der Waals surface area contributed by atoms with Crippen LogP contribution in [0, 0.1) is 0 Å². The van der Waals surface area contributed by atoms with E-state index in [-0.39, 0.29) is 0 Å². The van der Waals surface area contributed by atoms with E-state index < -0.39 is 0 Å². The molecule has 0 atom stereocenters. The zero-order valence-corrected chi connectivity index (χ0v) is 31.4. The summed E-state index contributed by atoms with van der Waals surface area (Å²) in [6.45, 7) is 0. The number of para-hydroxylation sites is 4. The number of nitrogens with zero attached hydrogens (tertiary/aromatic N) is 2. The second kappa shape index (κ2) is 11.0. The number of fused-ring (bicyclic) bond motifs is 14. The lowest BCUT2D eigenvalue weighted by atomic mass is 9.85. The Bertz CT molecular complexity index is 3770. The van der Waals surface area contributed by atoms with E-state index >= 15 is 0 Å². The first-order valence-corrected chi connectivity index (χ1v) is 20.2. The summed E-state index contributed by atoms with van der Waals surface area (Å²) in [4.78, 5) is 0. The van der Waals surface area contributed by atoms with E-state index in [4.69, 9.17) is 0 Å². The van der Waals surface area contributed by atoms with Crippen molar-refractivity contribution in [1.29, 1.82) is 0 Å². The van der Waals surface area contributed by atoms with E-state index in [1.165, 1.54) is 131 Å². The summed E-state index contributed by atoms with van der Waals surface area (Å²) in [5.74, 6) is 0. The zero-order chi connectivity index (χ0) is 37.6. The first kappa shape index (κ1) is 30.5. The number of hydrogen-bond donors (Lipinski definition) is 0. The molecule has 0 radical (unpaired) electrons. The number of benzene rings is 10. The van der Waals surface area contributed by atoms with Gasteiger partial charge in [-0.05, 0) is 85.3 Å². The first-order chi connectivity index (χ1) is 28.8. The topological polar surface area (TPSA) is 8.82 Å². The van der Waals surface area contributed by atoms with Crippen LogP contribution in [0.25, 0.3) is 131 Å². The minimum absolute atomic E-state index is 1.23. The minimum Gasteiger partial charge on any atom is -0.308 e. The molecule has 2 heteroatoms. The van der Waals surface area contributed by atoms with Crippen LogP contribution in [0.15, 0.2) is 194 Å². The fourth-order valence-electron chi connectivity index (χ4n) is 10.9. The Morgan fingerprint density at radius 1 is 0.241 bits per heavy atom. The van der Waals surface area contributed by atoms with Gasteiger partial charge in [-0.1, -0.05) is 164 Å². The summed E-state index contributed by atoms with van der Waals surface area (Å²) in [5.41, 5.74) is 15.1. The normalized spacial score (nSPS) is 12.5. The van der Waals surface area contributed by atoms with Crippen LogP contribution in [-0.4, -0.2) is 8.80 Å². The third-order valence-corrected chi connectivity index (χ3v) is 13.2. The van der Waals surface area contributed by atoms with Crippen molar-refractivity contribution in [3.05, 3.63) is 194 Å². The van der Waals surface area contributed by atoms with Gasteiger partial charge in [0, 0.05) is 43.1 Å². The van der Waals surface area contributed by atoms with Gasteiger partial charge in [-0.3, -0.25) is 0 Å². The molecule has 0 aliphatic heterocycles. The van der Waals surface area contributed by atoms with E-state index in [9.17, 15) is 0 Å². The van der Waals surface area contributed by atoms with Gasteiger partial charge in [0.25, 0.3) is 0 Å². The Kier molecular flexibility index (Phi) is 5.79. The van der Waals surface area contributed by atoms with Crippen molar-refractivity contribution in [2.45, 2.75) is 0 Å². The van der Waals surface area contributed by atoms with E-state index in [1.54, 1.807) is 0 Å². The van der Waals surface area contributed by atoms with Crippen LogP contribution < -0.4 is 0 Å². The fraction of sp³-hybridized carbons (Fsp3) is 0. The molecule has 10 aromatic carbocycles. The molecule has 0 amide bonds. The second-order valence-corrected chi connectivity index (χ2v) is 15.9. The Balaban J connectivity index is 1.14. The van der Waals surface area contributed by atoms with Crippen molar-refractivity contribution < 1.29 is 0 Å². The molecule has 14 aromatic rings. The van der Waals surface area contributed by atoms with E-state index in [2.05, 4.69) is 203 Å². The highest BCUT2D eigenvalue weighted by Gasteiger charge is 2.24. The summed E-state index contributed by atoms with van der Waals surface area (Å²) >= 11 is 0. The van der Waals surface area contributed by atoms with Crippen LogP contribution in [-0.2, 0) is 0 Å². The SMILES string of the molecule is c1ccc(-c2c3cccc(-c4ccc5c6ccccc6n6c7ccccc7c4c56)c3cc3c(-c4ccc5c6ccccc6n6c7ccccc7c4c56)cccc23)cc1. The van der Waals surface area contributed by atoms with Gasteiger partial charge in [0.15, 0.2) is 0 Å². The molecular formula is C56H32N2. The molecule has 58 heavy (non-hydrogen) atoms. The van der Waals surface area contributed by atoms with Gasteiger partial charge in [0.05, 0.1) is 33.1 Å². The number of rotatable bonds is 3. The van der Waals surface area contributed by atoms with Gasteiger partial charge in [-0.25, -0.2) is 0 Å². The lowest BCUT2D eigenvalue weighted by Crippen LogP contribution is -1.91. The first-order valence-electron chi connectivity index (χ1n) is 20.2. The maximum absolute atomic E-state index is 2.50. The molecule has 4 aromatic heterocycles. The third-order valence-electron chi connectivity index (χ3n) is 13.2. The van der Waals surface area contributed by atoms with Gasteiger partial charge in [-0.15, -0.1) is 0 Å². The van der Waals surface area contributed by atoms with Gasteiger partial charge < -0.3 is 8.80 Å². The predicted molar refractivity (Wildman–Crippen MR) is 247 cm³/mol. The molecule has 0 bridgehead atoms. The summed E-state index contributed by atoms with van der Waals surface area (Å²) in [6, 6.07) is 72.4. The van der Waals surface area contributed by atoms with Crippen LogP contribution in [0.1, 0.15) is 0 Å². The lowest BCUT2D eigenvalue weighted by molar-refractivity contribution is 1.37. The van der Waals surface area contributed by atoms with Crippen molar-refractivity contribution in [2.24, 2.45) is 0 Å². The summed E-state index contributed by atoms with van der Waals surface area (Å²) in [7, 11) is 0. The van der Waals surface area contributed by atoms with Crippen LogP contribution in [0.3, 0.4) is 0 Å². The maximum Gasteiger partial charge on any atom is 0.0626 e. The smallest absolute Gasteiger partial charge is 0.0626 e. The van der Waals surface area contributed by atoms with Crippen molar-refractivity contribution in [2.75, 3.05) is 0 Å². The van der Waals surface area contributed by atoms with Gasteiger partial charge in [-0.2, -0.15) is 0 Å². The standard InChI is InChI=1S/C56H32N2/c1-2-14-33(15-3-1)52-38-22-12-20-34(40-28-30-42-36-16-4-8-24-48(36)57-50-26-10-6-18-44(50)53(40)55(42)57)46(38)32-47-35(21-13-23-39(47)52)41-29-31-43-37-17-5-9-25-49(37)58-51-27-11-7-19-45(51)54(41)56(43)58/h1-32H. The van der Waals surface area contributed by atoms with Crippen molar-refractivity contribution in [3.8, 4) is 33.4 Å². The van der Waals surface area contributed by atoms with E-state index in [0.29, 0.717) is 0 Å². The molecule has 14 rings (SSSR count). The summed E-state index contributed by atoms with van der Waals surface area (Å²) in [5, 5.41) is 15.4. The number of hydrogen-bond acceptors (Lipinski definition) is 0. The van der Waals surface area contributed by atoms with Crippen molar-refractivity contribution >= 4 is 97.7 Å². The summed E-state index contributed by atoms with van der Waals surface area (Å²) < 4.78 is 4.98. The Morgan fingerprint density at radius 3 is 1.12 bits per heavy atom. The third kappa shape index (κ3) is 3.73. The highest BCUT2D eigenvalue weighted by Crippen LogP contribution is 2.50. The number of aromatic nitrogens is 2. The molecule has 0 aliphatic carbocycles. The van der Waals surface area contributed by atoms with Gasteiger partial charge >= 0.3 is 0 Å².